The first-order chi connectivity index (χ1) is 9.58. The minimum Gasteiger partial charge on any atom is -0.469 e. The van der Waals surface area contributed by atoms with Crippen molar-refractivity contribution >= 4 is 11.9 Å². The highest BCUT2D eigenvalue weighted by molar-refractivity contribution is 5.77. The second kappa shape index (κ2) is 8.35. The number of hydrogen-bond acceptors (Lipinski definition) is 3. The number of benzene rings is 1. The smallest absolute Gasteiger partial charge is 0.310 e. The van der Waals surface area contributed by atoms with Crippen LogP contribution in [0.5, 0.6) is 0 Å². The van der Waals surface area contributed by atoms with Crippen LogP contribution < -0.4 is 0 Å². The molecule has 1 atom stereocenters. The zero-order chi connectivity index (χ0) is 15.0. The Kier molecular flexibility index (Phi) is 6.77. The average Bonchev–Trinajstić information content (AvgIpc) is 2.46. The SMILES string of the molecule is CCCC(=O)N(Cc1ccccc1)CC(C)C(=O)OC. The van der Waals surface area contributed by atoms with E-state index in [0.717, 1.165) is 12.0 Å². The van der Waals surface area contributed by atoms with Crippen molar-refractivity contribution in [3.05, 3.63) is 35.9 Å². The molecule has 4 nitrogen and oxygen atoms in total. The van der Waals surface area contributed by atoms with Crippen LogP contribution in [0.4, 0.5) is 0 Å². The fourth-order valence-corrected chi connectivity index (χ4v) is 2.04. The molecule has 0 aromatic heterocycles. The molecule has 1 rings (SSSR count). The molecule has 0 aliphatic heterocycles. The van der Waals surface area contributed by atoms with Crippen molar-refractivity contribution in [3.8, 4) is 0 Å². The van der Waals surface area contributed by atoms with Gasteiger partial charge in [0.1, 0.15) is 0 Å². The maximum atomic E-state index is 12.2. The van der Waals surface area contributed by atoms with Gasteiger partial charge in [0.05, 0.1) is 13.0 Å². The largest absolute Gasteiger partial charge is 0.469 e. The van der Waals surface area contributed by atoms with Gasteiger partial charge in [-0.1, -0.05) is 44.2 Å². The normalized spacial score (nSPS) is 11.8. The van der Waals surface area contributed by atoms with Crippen molar-refractivity contribution < 1.29 is 14.3 Å². The highest BCUT2D eigenvalue weighted by atomic mass is 16.5. The van der Waals surface area contributed by atoms with Gasteiger partial charge in [0.2, 0.25) is 5.91 Å². The third-order valence-corrected chi connectivity index (χ3v) is 3.13. The summed E-state index contributed by atoms with van der Waals surface area (Å²) in [5, 5.41) is 0. The Morgan fingerprint density at radius 2 is 1.90 bits per heavy atom. The van der Waals surface area contributed by atoms with Gasteiger partial charge in [-0.15, -0.1) is 0 Å². The fourth-order valence-electron chi connectivity index (χ4n) is 2.04. The third kappa shape index (κ3) is 5.03. The molecule has 1 unspecified atom stereocenters. The minimum atomic E-state index is -0.315. The lowest BCUT2D eigenvalue weighted by Gasteiger charge is -2.25. The number of ether oxygens (including phenoxy) is 1. The van der Waals surface area contributed by atoms with Crippen LogP contribution in [0.2, 0.25) is 0 Å². The first-order valence-corrected chi connectivity index (χ1v) is 6.98. The molecule has 0 N–H and O–H groups in total. The van der Waals surface area contributed by atoms with Crippen LogP contribution in [0, 0.1) is 5.92 Å². The summed E-state index contributed by atoms with van der Waals surface area (Å²) < 4.78 is 4.73. The lowest BCUT2D eigenvalue weighted by molar-refractivity contribution is -0.146. The highest BCUT2D eigenvalue weighted by Crippen LogP contribution is 2.11. The standard InChI is InChI=1S/C16H23NO3/c1-4-8-15(18)17(11-13(2)16(19)20-3)12-14-9-6-5-7-10-14/h5-7,9-10,13H,4,8,11-12H2,1-3H3. The van der Waals surface area contributed by atoms with Crippen molar-refractivity contribution in [2.45, 2.75) is 33.2 Å². The molecule has 1 amide bonds. The monoisotopic (exact) mass is 277 g/mol. The first-order valence-electron chi connectivity index (χ1n) is 6.98. The maximum Gasteiger partial charge on any atom is 0.310 e. The number of methoxy groups -OCH3 is 1. The van der Waals surface area contributed by atoms with Crippen molar-refractivity contribution in [2.75, 3.05) is 13.7 Å². The molecule has 0 aliphatic rings. The molecule has 0 bridgehead atoms. The Morgan fingerprint density at radius 1 is 1.25 bits per heavy atom. The Labute approximate surface area is 120 Å². The van der Waals surface area contributed by atoms with Crippen LogP contribution in [0.15, 0.2) is 30.3 Å². The number of amides is 1. The minimum absolute atomic E-state index is 0.0760. The van der Waals surface area contributed by atoms with Crippen LogP contribution in [-0.4, -0.2) is 30.4 Å². The molecular formula is C16H23NO3. The van der Waals surface area contributed by atoms with Gasteiger partial charge in [0, 0.05) is 19.5 Å². The van der Waals surface area contributed by atoms with Gasteiger partial charge in [0.15, 0.2) is 0 Å². The van der Waals surface area contributed by atoms with E-state index in [9.17, 15) is 9.59 Å². The number of rotatable bonds is 7. The zero-order valence-corrected chi connectivity index (χ0v) is 12.5. The van der Waals surface area contributed by atoms with Gasteiger partial charge >= 0.3 is 5.97 Å². The predicted octanol–water partition coefficient (Wildman–Crippen LogP) is 2.62. The number of esters is 1. The molecule has 110 valence electrons. The molecule has 0 saturated heterocycles. The second-order valence-corrected chi connectivity index (χ2v) is 4.93. The molecule has 0 spiro atoms. The Morgan fingerprint density at radius 3 is 2.45 bits per heavy atom. The number of carbonyl (C=O) groups is 2. The topological polar surface area (TPSA) is 46.6 Å². The van der Waals surface area contributed by atoms with Crippen molar-refractivity contribution in [1.82, 2.24) is 4.90 Å². The molecule has 20 heavy (non-hydrogen) atoms. The van der Waals surface area contributed by atoms with Crippen molar-refractivity contribution in [2.24, 2.45) is 5.92 Å². The zero-order valence-electron chi connectivity index (χ0n) is 12.5. The van der Waals surface area contributed by atoms with Gasteiger partial charge in [-0.2, -0.15) is 0 Å². The first kappa shape index (κ1) is 16.2. The van der Waals surface area contributed by atoms with Gasteiger partial charge < -0.3 is 9.64 Å². The Hall–Kier alpha value is -1.84. The van der Waals surface area contributed by atoms with Crippen LogP contribution in [-0.2, 0) is 20.9 Å². The van der Waals surface area contributed by atoms with Gasteiger partial charge in [0.25, 0.3) is 0 Å². The van der Waals surface area contributed by atoms with E-state index in [1.807, 2.05) is 37.3 Å². The molecule has 0 heterocycles. The van der Waals surface area contributed by atoms with E-state index in [0.29, 0.717) is 19.5 Å². The summed E-state index contributed by atoms with van der Waals surface area (Å²) in [6, 6.07) is 9.80. The van der Waals surface area contributed by atoms with Crippen LogP contribution >= 0.6 is 0 Å². The number of carbonyl (C=O) groups excluding carboxylic acids is 2. The van der Waals surface area contributed by atoms with E-state index in [-0.39, 0.29) is 17.8 Å². The molecule has 0 aliphatic carbocycles. The summed E-state index contributed by atoms with van der Waals surface area (Å²) in [6.45, 7) is 4.67. The van der Waals surface area contributed by atoms with Gasteiger partial charge in [-0.05, 0) is 12.0 Å². The van der Waals surface area contributed by atoms with E-state index >= 15 is 0 Å². The summed E-state index contributed by atoms with van der Waals surface area (Å²) in [5.74, 6) is -0.524. The summed E-state index contributed by atoms with van der Waals surface area (Å²) >= 11 is 0. The van der Waals surface area contributed by atoms with E-state index in [4.69, 9.17) is 4.74 Å². The summed E-state index contributed by atoms with van der Waals surface area (Å²) in [6.07, 6.45) is 1.30. The van der Waals surface area contributed by atoms with E-state index in [1.54, 1.807) is 11.8 Å². The highest BCUT2D eigenvalue weighted by Gasteiger charge is 2.21. The lowest BCUT2D eigenvalue weighted by Crippen LogP contribution is -2.36. The van der Waals surface area contributed by atoms with Crippen LogP contribution in [0.3, 0.4) is 0 Å². The lowest BCUT2D eigenvalue weighted by atomic mass is 10.1. The van der Waals surface area contributed by atoms with Crippen molar-refractivity contribution in [3.63, 3.8) is 0 Å². The molecule has 1 aromatic carbocycles. The van der Waals surface area contributed by atoms with E-state index in [1.165, 1.54) is 7.11 Å². The average molecular weight is 277 g/mol. The Balaban J connectivity index is 2.75. The number of nitrogens with zero attached hydrogens (tertiary/aromatic N) is 1. The van der Waals surface area contributed by atoms with Crippen LogP contribution in [0.1, 0.15) is 32.3 Å². The summed E-state index contributed by atoms with van der Waals surface area (Å²) in [5.41, 5.74) is 1.06. The quantitative estimate of drug-likeness (QED) is 0.720. The molecule has 1 aromatic rings. The fraction of sp³-hybridized carbons (Fsp3) is 0.500. The molecule has 0 saturated carbocycles. The van der Waals surface area contributed by atoms with Crippen LogP contribution in [0.25, 0.3) is 0 Å². The van der Waals surface area contributed by atoms with Crippen molar-refractivity contribution in [1.29, 1.82) is 0 Å². The maximum absolute atomic E-state index is 12.2. The van der Waals surface area contributed by atoms with Gasteiger partial charge in [-0.25, -0.2) is 0 Å². The second-order valence-electron chi connectivity index (χ2n) is 4.93. The Bertz CT molecular complexity index is 431. The third-order valence-electron chi connectivity index (χ3n) is 3.13. The van der Waals surface area contributed by atoms with E-state index in [2.05, 4.69) is 0 Å². The van der Waals surface area contributed by atoms with Gasteiger partial charge in [-0.3, -0.25) is 9.59 Å². The molecular weight excluding hydrogens is 254 g/mol. The molecule has 0 radical (unpaired) electrons. The van der Waals surface area contributed by atoms with E-state index < -0.39 is 0 Å². The molecule has 4 heteroatoms. The summed E-state index contributed by atoms with van der Waals surface area (Å²) in [7, 11) is 1.37. The summed E-state index contributed by atoms with van der Waals surface area (Å²) in [4.78, 5) is 25.4. The predicted molar refractivity (Wildman–Crippen MR) is 77.9 cm³/mol. The molecule has 0 fully saturated rings. The number of hydrogen-bond donors (Lipinski definition) is 0.